The lowest BCUT2D eigenvalue weighted by molar-refractivity contribution is -0.116. The van der Waals surface area contributed by atoms with Gasteiger partial charge in [0, 0.05) is 30.4 Å². The summed E-state index contributed by atoms with van der Waals surface area (Å²) in [4.78, 5) is 23.8. The molecule has 2 rings (SSSR count). The fourth-order valence-corrected chi connectivity index (χ4v) is 3.26. The summed E-state index contributed by atoms with van der Waals surface area (Å²) in [7, 11) is 0. The van der Waals surface area contributed by atoms with Crippen LogP contribution in [0.15, 0.2) is 18.2 Å². The van der Waals surface area contributed by atoms with Crippen LogP contribution in [-0.2, 0) is 4.79 Å². The van der Waals surface area contributed by atoms with Gasteiger partial charge in [-0.25, -0.2) is 4.79 Å². The molecule has 1 aliphatic carbocycles. The summed E-state index contributed by atoms with van der Waals surface area (Å²) < 4.78 is 0. The van der Waals surface area contributed by atoms with E-state index >= 15 is 0 Å². The van der Waals surface area contributed by atoms with Crippen molar-refractivity contribution in [2.24, 2.45) is 0 Å². The number of carbonyl (C=O) groups excluding carboxylic acids is 2. The summed E-state index contributed by atoms with van der Waals surface area (Å²) in [5, 5.41) is 8.85. The molecule has 27 heavy (non-hydrogen) atoms. The maximum atomic E-state index is 12.0. The van der Waals surface area contributed by atoms with Crippen molar-refractivity contribution >= 4 is 35.7 Å². The molecule has 0 atom stereocenters. The fourth-order valence-electron chi connectivity index (χ4n) is 3.26. The van der Waals surface area contributed by atoms with Crippen LogP contribution in [0.25, 0.3) is 0 Å². The Bertz CT molecular complexity index is 604. The average molecular weight is 397 g/mol. The van der Waals surface area contributed by atoms with Gasteiger partial charge in [-0.05, 0) is 50.3 Å². The number of nitrogens with two attached hydrogens (primary N) is 1. The second-order valence-electron chi connectivity index (χ2n) is 7.17. The van der Waals surface area contributed by atoms with E-state index in [9.17, 15) is 9.59 Å². The Kier molecular flexibility index (Phi) is 10.6. The maximum Gasteiger partial charge on any atom is 0.315 e. The van der Waals surface area contributed by atoms with Gasteiger partial charge < -0.3 is 21.7 Å². The number of amides is 3. The van der Waals surface area contributed by atoms with E-state index in [1.165, 1.54) is 19.3 Å². The Morgan fingerprint density at radius 1 is 1.11 bits per heavy atom. The molecule has 0 heterocycles. The zero-order valence-electron chi connectivity index (χ0n) is 16.2. The van der Waals surface area contributed by atoms with Crippen molar-refractivity contribution < 1.29 is 9.59 Å². The molecule has 5 N–H and O–H groups in total. The topological polar surface area (TPSA) is 96.2 Å². The maximum absolute atomic E-state index is 12.0. The summed E-state index contributed by atoms with van der Waals surface area (Å²) in [6, 6.07) is 5.77. The number of anilines is 2. The highest BCUT2D eigenvalue weighted by atomic mass is 35.5. The third kappa shape index (κ3) is 9.00. The van der Waals surface area contributed by atoms with E-state index in [-0.39, 0.29) is 24.3 Å². The number of nitrogen functional groups attached to an aromatic ring is 1. The Morgan fingerprint density at radius 2 is 1.85 bits per heavy atom. The summed E-state index contributed by atoms with van der Waals surface area (Å²) in [6.45, 7) is 2.59. The zero-order chi connectivity index (χ0) is 18.8. The van der Waals surface area contributed by atoms with Gasteiger partial charge in [0.2, 0.25) is 5.91 Å². The summed E-state index contributed by atoms with van der Waals surface area (Å²) >= 11 is 0. The highest BCUT2D eigenvalue weighted by Crippen LogP contribution is 2.19. The van der Waals surface area contributed by atoms with Crippen LogP contribution in [0.4, 0.5) is 16.2 Å². The highest BCUT2D eigenvalue weighted by Gasteiger charge is 2.15. The number of aryl methyl sites for hydroxylation is 1. The van der Waals surface area contributed by atoms with E-state index in [2.05, 4.69) is 16.0 Å². The molecule has 0 aromatic heterocycles. The lowest BCUT2D eigenvalue weighted by atomic mass is 9.96. The van der Waals surface area contributed by atoms with E-state index in [1.807, 2.05) is 19.1 Å². The molecule has 1 aromatic rings. The molecule has 3 amide bonds. The number of carbonyl (C=O) groups is 2. The number of urea groups is 1. The normalized spacial score (nSPS) is 14.1. The lowest BCUT2D eigenvalue weighted by Crippen LogP contribution is -2.43. The summed E-state index contributed by atoms with van der Waals surface area (Å²) in [6.07, 6.45) is 8.95. The number of hydrogen-bond acceptors (Lipinski definition) is 3. The van der Waals surface area contributed by atoms with Crippen LogP contribution in [0.1, 0.15) is 63.4 Å². The molecule has 6 nitrogen and oxygen atoms in total. The number of rotatable bonds is 8. The molecule has 0 bridgehead atoms. The average Bonchev–Trinajstić information content (AvgIpc) is 2.62. The third-order valence-corrected chi connectivity index (χ3v) is 4.84. The molecule has 152 valence electrons. The van der Waals surface area contributed by atoms with Crippen LogP contribution in [-0.4, -0.2) is 24.5 Å². The fraction of sp³-hybridized carbons (Fsp3) is 0.600. The van der Waals surface area contributed by atoms with Gasteiger partial charge in [-0.15, -0.1) is 12.4 Å². The quantitative estimate of drug-likeness (QED) is 0.393. The SMILES string of the molecule is Cc1ccc(N)cc1NC(=O)CCCCCNC(=O)NC1CCCCC1.Cl. The Labute approximate surface area is 168 Å². The molecule has 1 fully saturated rings. The number of unbranched alkanes of at least 4 members (excludes halogenated alkanes) is 2. The van der Waals surface area contributed by atoms with Crippen LogP contribution in [0.2, 0.25) is 0 Å². The molecular formula is C20H33ClN4O2. The van der Waals surface area contributed by atoms with Crippen LogP contribution in [0.3, 0.4) is 0 Å². The monoisotopic (exact) mass is 396 g/mol. The number of benzene rings is 1. The van der Waals surface area contributed by atoms with E-state index in [4.69, 9.17) is 5.73 Å². The van der Waals surface area contributed by atoms with Gasteiger partial charge >= 0.3 is 6.03 Å². The predicted molar refractivity (Wildman–Crippen MR) is 113 cm³/mol. The van der Waals surface area contributed by atoms with E-state index in [0.29, 0.717) is 24.7 Å². The summed E-state index contributed by atoms with van der Waals surface area (Å²) in [5.74, 6) is 0.00157. The number of halogens is 1. The van der Waals surface area contributed by atoms with Crippen LogP contribution >= 0.6 is 12.4 Å². The first-order chi connectivity index (χ1) is 12.5. The highest BCUT2D eigenvalue weighted by molar-refractivity contribution is 5.92. The molecule has 1 saturated carbocycles. The second kappa shape index (κ2) is 12.4. The molecule has 1 aromatic carbocycles. The van der Waals surface area contributed by atoms with Crippen molar-refractivity contribution in [3.63, 3.8) is 0 Å². The molecule has 0 aliphatic heterocycles. The molecule has 7 heteroatoms. The van der Waals surface area contributed by atoms with Gasteiger partial charge in [0.1, 0.15) is 0 Å². The Hall–Kier alpha value is -1.95. The van der Waals surface area contributed by atoms with Gasteiger partial charge in [-0.3, -0.25) is 4.79 Å². The Morgan fingerprint density at radius 3 is 2.59 bits per heavy atom. The van der Waals surface area contributed by atoms with Gasteiger partial charge in [0.15, 0.2) is 0 Å². The van der Waals surface area contributed by atoms with Crippen molar-refractivity contribution in [1.29, 1.82) is 0 Å². The van der Waals surface area contributed by atoms with Crippen molar-refractivity contribution in [2.45, 2.75) is 70.8 Å². The molecule has 1 aliphatic rings. The van der Waals surface area contributed by atoms with Crippen LogP contribution in [0, 0.1) is 6.92 Å². The molecule has 0 spiro atoms. The minimum atomic E-state index is -0.0632. The molecule has 0 radical (unpaired) electrons. The van der Waals surface area contributed by atoms with E-state index in [0.717, 1.165) is 43.4 Å². The number of nitrogens with one attached hydrogen (secondary N) is 3. The summed E-state index contributed by atoms with van der Waals surface area (Å²) in [5.41, 5.74) is 8.17. The van der Waals surface area contributed by atoms with Crippen LogP contribution in [0.5, 0.6) is 0 Å². The Balaban J connectivity index is 0.00000364. The molecule has 0 saturated heterocycles. The smallest absolute Gasteiger partial charge is 0.315 e. The van der Waals surface area contributed by atoms with Gasteiger partial charge in [0.05, 0.1) is 0 Å². The standard InChI is InChI=1S/C20H32N4O2.ClH/c1-15-11-12-16(21)14-18(15)24-19(25)10-6-3-7-13-22-20(26)23-17-8-4-2-5-9-17;/h11-12,14,17H,2-10,13,21H2,1H3,(H,24,25)(H2,22,23,26);1H. The van der Waals surface area contributed by atoms with Gasteiger partial charge in [-0.2, -0.15) is 0 Å². The molecule has 0 unspecified atom stereocenters. The van der Waals surface area contributed by atoms with Gasteiger partial charge in [0.25, 0.3) is 0 Å². The minimum absolute atomic E-state index is 0. The molecular weight excluding hydrogens is 364 g/mol. The zero-order valence-corrected chi connectivity index (χ0v) is 17.0. The van der Waals surface area contributed by atoms with Crippen molar-refractivity contribution in [2.75, 3.05) is 17.6 Å². The number of hydrogen-bond donors (Lipinski definition) is 4. The van der Waals surface area contributed by atoms with Crippen molar-refractivity contribution in [3.05, 3.63) is 23.8 Å². The first kappa shape index (κ1) is 23.1. The van der Waals surface area contributed by atoms with Gasteiger partial charge in [-0.1, -0.05) is 31.7 Å². The van der Waals surface area contributed by atoms with E-state index < -0.39 is 0 Å². The predicted octanol–water partition coefficient (Wildman–Crippen LogP) is 4.13. The van der Waals surface area contributed by atoms with Crippen molar-refractivity contribution in [3.8, 4) is 0 Å². The minimum Gasteiger partial charge on any atom is -0.399 e. The van der Waals surface area contributed by atoms with E-state index in [1.54, 1.807) is 6.07 Å². The first-order valence-electron chi connectivity index (χ1n) is 9.75. The first-order valence-corrected chi connectivity index (χ1v) is 9.75. The lowest BCUT2D eigenvalue weighted by Gasteiger charge is -2.22. The van der Waals surface area contributed by atoms with Crippen molar-refractivity contribution in [1.82, 2.24) is 10.6 Å². The second-order valence-corrected chi connectivity index (χ2v) is 7.17. The third-order valence-electron chi connectivity index (χ3n) is 4.84. The van der Waals surface area contributed by atoms with Crippen LogP contribution < -0.4 is 21.7 Å². The largest absolute Gasteiger partial charge is 0.399 e.